The maximum atomic E-state index is 6.25. The lowest BCUT2D eigenvalue weighted by molar-refractivity contribution is 0.679. The normalized spacial score (nSPS) is 13.0. The van der Waals surface area contributed by atoms with E-state index in [4.69, 9.17) is 5.73 Å². The van der Waals surface area contributed by atoms with Gasteiger partial charge in [-0.15, -0.1) is 10.2 Å². The fourth-order valence-corrected chi connectivity index (χ4v) is 2.43. The van der Waals surface area contributed by atoms with Crippen molar-refractivity contribution in [1.29, 1.82) is 0 Å². The van der Waals surface area contributed by atoms with Crippen LogP contribution in [0, 0.1) is 0 Å². The molecule has 21 heavy (non-hydrogen) atoms. The average molecular weight is 279 g/mol. The van der Waals surface area contributed by atoms with E-state index in [1.807, 2.05) is 34.7 Å². The van der Waals surface area contributed by atoms with Gasteiger partial charge < -0.3 is 10.7 Å². The van der Waals surface area contributed by atoms with E-state index in [-0.39, 0.29) is 6.04 Å². The van der Waals surface area contributed by atoms with Gasteiger partial charge in [-0.05, 0) is 5.56 Å². The van der Waals surface area contributed by atoms with Crippen molar-refractivity contribution in [3.05, 3.63) is 54.4 Å². The molecule has 0 aliphatic carbocycles. The lowest BCUT2D eigenvalue weighted by Gasteiger charge is -2.10. The molecule has 3 heterocycles. The number of H-pyrrole nitrogens is 1. The molecule has 1 atom stereocenters. The minimum Gasteiger partial charge on any atom is -0.340 e. The van der Waals surface area contributed by atoms with Crippen LogP contribution in [0.15, 0.2) is 43.0 Å². The number of nitrogens with one attached hydrogen (secondary N) is 1. The fourth-order valence-electron chi connectivity index (χ4n) is 2.43. The molecule has 1 unspecified atom stereocenters. The minimum atomic E-state index is -0.129. The van der Waals surface area contributed by atoms with Crippen LogP contribution in [0.25, 0.3) is 16.8 Å². The molecule has 7 nitrogen and oxygen atoms in total. The Hall–Kier alpha value is -2.80. The Morgan fingerprint density at radius 1 is 1.14 bits per heavy atom. The van der Waals surface area contributed by atoms with Crippen molar-refractivity contribution in [2.45, 2.75) is 12.5 Å². The van der Waals surface area contributed by atoms with E-state index in [0.29, 0.717) is 17.7 Å². The van der Waals surface area contributed by atoms with E-state index in [2.05, 4.69) is 25.1 Å². The molecule has 3 aromatic heterocycles. The Balaban J connectivity index is 1.74. The molecule has 0 saturated heterocycles. The van der Waals surface area contributed by atoms with Gasteiger partial charge in [0.25, 0.3) is 0 Å². The van der Waals surface area contributed by atoms with Crippen molar-refractivity contribution in [3.63, 3.8) is 0 Å². The summed E-state index contributed by atoms with van der Waals surface area (Å²) in [6.45, 7) is 0. The molecule has 1 aromatic carbocycles. The summed E-state index contributed by atoms with van der Waals surface area (Å²) >= 11 is 0. The molecule has 104 valence electrons. The fraction of sp³-hybridized carbons (Fsp3) is 0.143. The van der Waals surface area contributed by atoms with Crippen LogP contribution in [0.5, 0.6) is 0 Å². The third-order valence-corrected chi connectivity index (χ3v) is 3.54. The van der Waals surface area contributed by atoms with Crippen LogP contribution in [-0.4, -0.2) is 29.5 Å². The van der Waals surface area contributed by atoms with Gasteiger partial charge in [-0.3, -0.25) is 4.40 Å². The molecule has 0 amide bonds. The number of rotatable bonds is 3. The largest absolute Gasteiger partial charge is 0.340 e. The third-order valence-electron chi connectivity index (χ3n) is 3.54. The quantitative estimate of drug-likeness (QED) is 0.588. The number of fused-ring (bicyclic) bond motifs is 3. The second-order valence-corrected chi connectivity index (χ2v) is 4.88. The van der Waals surface area contributed by atoms with Crippen LogP contribution in [0.1, 0.15) is 17.4 Å². The Bertz CT molecular complexity index is 893. The number of aromatic nitrogens is 6. The molecule has 0 radical (unpaired) electrons. The first-order valence-corrected chi connectivity index (χ1v) is 6.65. The van der Waals surface area contributed by atoms with Crippen molar-refractivity contribution in [3.8, 4) is 0 Å². The summed E-state index contributed by atoms with van der Waals surface area (Å²) in [7, 11) is 0. The molecule has 4 rings (SSSR count). The lowest BCUT2D eigenvalue weighted by Crippen LogP contribution is -2.15. The van der Waals surface area contributed by atoms with E-state index >= 15 is 0 Å². The maximum Gasteiger partial charge on any atom is 0.189 e. The highest BCUT2D eigenvalue weighted by Crippen LogP contribution is 2.17. The first-order valence-electron chi connectivity index (χ1n) is 6.65. The van der Waals surface area contributed by atoms with Gasteiger partial charge in [-0.25, -0.2) is 9.97 Å². The number of hydrogen-bond acceptors (Lipinski definition) is 5. The van der Waals surface area contributed by atoms with Crippen LogP contribution in [0.2, 0.25) is 0 Å². The number of hydrogen-bond donors (Lipinski definition) is 2. The summed E-state index contributed by atoms with van der Waals surface area (Å²) in [5.41, 5.74) is 9.45. The number of imidazole rings is 1. The van der Waals surface area contributed by atoms with Crippen LogP contribution in [0.3, 0.4) is 0 Å². The topological polar surface area (TPSA) is 97.8 Å². The molecule has 3 N–H and O–H groups in total. The Labute approximate surface area is 119 Å². The van der Waals surface area contributed by atoms with Gasteiger partial charge in [0.2, 0.25) is 0 Å². The highest BCUT2D eigenvalue weighted by Gasteiger charge is 2.14. The molecule has 0 aliphatic heterocycles. The molecule has 0 saturated carbocycles. The third kappa shape index (κ3) is 1.95. The average Bonchev–Trinajstić information content (AvgIpc) is 3.14. The van der Waals surface area contributed by atoms with Crippen molar-refractivity contribution < 1.29 is 0 Å². The SMILES string of the molecule is NC(Cc1nnc2c3[nH]cnc3ncn12)c1ccccc1. The monoisotopic (exact) mass is 279 g/mol. The predicted molar refractivity (Wildman–Crippen MR) is 77.5 cm³/mol. The zero-order chi connectivity index (χ0) is 14.2. The van der Waals surface area contributed by atoms with Gasteiger partial charge in [0.15, 0.2) is 11.3 Å². The van der Waals surface area contributed by atoms with E-state index in [9.17, 15) is 0 Å². The second kappa shape index (κ2) is 4.64. The summed E-state index contributed by atoms with van der Waals surface area (Å²) in [6, 6.07) is 9.83. The molecule has 0 spiro atoms. The zero-order valence-electron chi connectivity index (χ0n) is 11.1. The van der Waals surface area contributed by atoms with Crippen molar-refractivity contribution >= 4 is 16.8 Å². The Kier molecular flexibility index (Phi) is 2.65. The molecule has 4 aromatic rings. The first-order chi connectivity index (χ1) is 10.3. The molecule has 0 fully saturated rings. The Morgan fingerprint density at radius 2 is 2.00 bits per heavy atom. The number of nitrogens with two attached hydrogens (primary N) is 1. The minimum absolute atomic E-state index is 0.129. The van der Waals surface area contributed by atoms with Gasteiger partial charge in [0.05, 0.1) is 6.33 Å². The van der Waals surface area contributed by atoms with Gasteiger partial charge in [-0.1, -0.05) is 30.3 Å². The first kappa shape index (κ1) is 12.0. The van der Waals surface area contributed by atoms with Crippen molar-refractivity contribution in [2.75, 3.05) is 0 Å². The predicted octanol–water partition coefficient (Wildman–Crippen LogP) is 1.24. The lowest BCUT2D eigenvalue weighted by atomic mass is 10.0. The van der Waals surface area contributed by atoms with E-state index in [1.165, 1.54) is 0 Å². The van der Waals surface area contributed by atoms with Gasteiger partial charge in [0.1, 0.15) is 17.7 Å². The van der Waals surface area contributed by atoms with Crippen molar-refractivity contribution in [2.24, 2.45) is 5.73 Å². The van der Waals surface area contributed by atoms with Crippen LogP contribution in [-0.2, 0) is 6.42 Å². The van der Waals surface area contributed by atoms with E-state index in [1.54, 1.807) is 12.7 Å². The van der Waals surface area contributed by atoms with Gasteiger partial charge in [0, 0.05) is 12.5 Å². The second-order valence-electron chi connectivity index (χ2n) is 4.88. The molecule has 7 heteroatoms. The van der Waals surface area contributed by atoms with Crippen LogP contribution in [0.4, 0.5) is 0 Å². The van der Waals surface area contributed by atoms with E-state index in [0.717, 1.165) is 16.9 Å². The van der Waals surface area contributed by atoms with E-state index < -0.39 is 0 Å². The number of aromatic amines is 1. The smallest absolute Gasteiger partial charge is 0.189 e. The summed E-state index contributed by atoms with van der Waals surface area (Å²) in [4.78, 5) is 11.4. The summed E-state index contributed by atoms with van der Waals surface area (Å²) in [6.07, 6.45) is 3.87. The zero-order valence-corrected chi connectivity index (χ0v) is 11.1. The van der Waals surface area contributed by atoms with Crippen LogP contribution >= 0.6 is 0 Å². The number of nitrogens with zero attached hydrogens (tertiary/aromatic N) is 5. The van der Waals surface area contributed by atoms with Gasteiger partial charge >= 0.3 is 0 Å². The van der Waals surface area contributed by atoms with Crippen LogP contribution < -0.4 is 5.73 Å². The standard InChI is InChI=1S/C14H13N7/c15-10(9-4-2-1-3-5-9)6-11-19-20-14-12-13(17-7-16-12)18-8-21(11)14/h1-5,7-8,10H,6,15H2,(H,16,17). The summed E-state index contributed by atoms with van der Waals surface area (Å²) < 4.78 is 1.85. The highest BCUT2D eigenvalue weighted by atomic mass is 15.3. The van der Waals surface area contributed by atoms with Crippen molar-refractivity contribution in [1.82, 2.24) is 29.5 Å². The maximum absolute atomic E-state index is 6.25. The molecular formula is C14H13N7. The number of benzene rings is 1. The molecule has 0 aliphatic rings. The summed E-state index contributed by atoms with van der Waals surface area (Å²) in [5, 5.41) is 8.45. The molecule has 0 bridgehead atoms. The Morgan fingerprint density at radius 3 is 2.86 bits per heavy atom. The highest BCUT2D eigenvalue weighted by molar-refractivity contribution is 5.84. The summed E-state index contributed by atoms with van der Waals surface area (Å²) in [5.74, 6) is 0.783. The van der Waals surface area contributed by atoms with Gasteiger partial charge in [-0.2, -0.15) is 0 Å². The molecular weight excluding hydrogens is 266 g/mol.